The largest absolute Gasteiger partial charge is 0.376 e. The van der Waals surface area contributed by atoms with Gasteiger partial charge in [-0.3, -0.25) is 9.59 Å². The molecule has 0 atom stereocenters. The number of carbonyl (C=O) groups is 2. The average molecular weight is 374 g/mol. The van der Waals surface area contributed by atoms with E-state index in [1.165, 1.54) is 0 Å². The first kappa shape index (κ1) is 19.8. The Bertz CT molecular complexity index is 785. The smallest absolute Gasteiger partial charge is 0.243 e. The van der Waals surface area contributed by atoms with Crippen LogP contribution in [0.3, 0.4) is 0 Å². The summed E-state index contributed by atoms with van der Waals surface area (Å²) >= 11 is 6.15. The minimum Gasteiger partial charge on any atom is -0.376 e. The summed E-state index contributed by atoms with van der Waals surface area (Å²) in [5.74, 6) is -0.285. The number of rotatable bonds is 7. The molecule has 138 valence electrons. The summed E-state index contributed by atoms with van der Waals surface area (Å²) in [6.45, 7) is 6.08. The Morgan fingerprint density at radius 3 is 2.27 bits per heavy atom. The Morgan fingerprint density at radius 1 is 0.923 bits per heavy atom. The molecule has 0 bridgehead atoms. The number of hydrogen-bond acceptors (Lipinski definition) is 3. The number of anilines is 3. The number of amides is 2. The summed E-state index contributed by atoms with van der Waals surface area (Å²) in [7, 11) is 0. The highest BCUT2D eigenvalue weighted by Gasteiger charge is 2.09. The van der Waals surface area contributed by atoms with Crippen molar-refractivity contribution in [3.8, 4) is 0 Å². The van der Waals surface area contributed by atoms with Gasteiger partial charge < -0.3 is 16.0 Å². The number of halogens is 1. The third-order valence-corrected chi connectivity index (χ3v) is 4.01. The van der Waals surface area contributed by atoms with Crippen LogP contribution in [0.15, 0.2) is 36.4 Å². The molecule has 3 N–H and O–H groups in total. The van der Waals surface area contributed by atoms with Crippen molar-refractivity contribution >= 4 is 40.5 Å². The summed E-state index contributed by atoms with van der Waals surface area (Å²) in [6, 6.07) is 11.1. The van der Waals surface area contributed by atoms with Crippen molar-refractivity contribution in [2.75, 3.05) is 22.5 Å². The van der Waals surface area contributed by atoms with Gasteiger partial charge in [0.2, 0.25) is 11.8 Å². The van der Waals surface area contributed by atoms with Crippen LogP contribution in [0.1, 0.15) is 30.9 Å². The fourth-order valence-electron chi connectivity index (χ4n) is 2.60. The number of carbonyl (C=O) groups excluding carboxylic acids is 2. The van der Waals surface area contributed by atoms with Crippen LogP contribution in [0.2, 0.25) is 5.02 Å². The molecule has 0 aliphatic rings. The molecule has 0 aliphatic carbocycles. The van der Waals surface area contributed by atoms with Crippen LogP contribution >= 0.6 is 11.6 Å². The van der Waals surface area contributed by atoms with Crippen LogP contribution in [0.5, 0.6) is 0 Å². The normalized spacial score (nSPS) is 10.3. The average Bonchev–Trinajstić information content (AvgIpc) is 2.55. The molecule has 0 heterocycles. The molecule has 5 nitrogen and oxygen atoms in total. The highest BCUT2D eigenvalue weighted by Crippen LogP contribution is 2.25. The lowest BCUT2D eigenvalue weighted by atomic mass is 10.1. The van der Waals surface area contributed by atoms with Gasteiger partial charge in [0.15, 0.2) is 0 Å². The predicted octanol–water partition coefficient (Wildman–Crippen LogP) is 4.75. The summed E-state index contributed by atoms with van der Waals surface area (Å²) in [5.41, 5.74) is 4.22. The van der Waals surface area contributed by atoms with E-state index in [0.29, 0.717) is 22.8 Å². The van der Waals surface area contributed by atoms with Gasteiger partial charge in [-0.15, -0.1) is 0 Å². The van der Waals surface area contributed by atoms with E-state index in [1.54, 1.807) is 18.2 Å². The van der Waals surface area contributed by atoms with Crippen LogP contribution in [0.4, 0.5) is 17.1 Å². The van der Waals surface area contributed by atoms with Crippen molar-refractivity contribution < 1.29 is 9.59 Å². The van der Waals surface area contributed by atoms with E-state index in [-0.39, 0.29) is 18.4 Å². The molecular formula is C20H24ClN3O2. The minimum absolute atomic E-state index is 0.0661. The third-order valence-electron chi connectivity index (χ3n) is 3.68. The summed E-state index contributed by atoms with van der Waals surface area (Å²) in [5, 5.41) is 9.08. The molecule has 2 rings (SSSR count). The lowest BCUT2D eigenvalue weighted by molar-refractivity contribution is -0.116. The first-order valence-corrected chi connectivity index (χ1v) is 8.96. The number of nitrogens with one attached hydrogen (secondary N) is 3. The number of aryl methyl sites for hydroxylation is 2. The van der Waals surface area contributed by atoms with E-state index in [9.17, 15) is 9.59 Å². The van der Waals surface area contributed by atoms with Crippen LogP contribution in [0, 0.1) is 13.8 Å². The Balaban J connectivity index is 1.98. The van der Waals surface area contributed by atoms with E-state index in [4.69, 9.17) is 11.6 Å². The first-order valence-electron chi connectivity index (χ1n) is 8.59. The molecule has 0 saturated heterocycles. The van der Waals surface area contributed by atoms with Gasteiger partial charge in [-0.1, -0.05) is 24.6 Å². The van der Waals surface area contributed by atoms with Crippen molar-refractivity contribution in [1.82, 2.24) is 0 Å². The fourth-order valence-corrected chi connectivity index (χ4v) is 2.77. The molecule has 2 amide bonds. The van der Waals surface area contributed by atoms with E-state index < -0.39 is 0 Å². The molecule has 0 spiro atoms. The van der Waals surface area contributed by atoms with E-state index in [1.807, 2.05) is 32.9 Å². The monoisotopic (exact) mass is 373 g/mol. The molecule has 0 radical (unpaired) electrons. The second-order valence-electron chi connectivity index (χ2n) is 6.27. The van der Waals surface area contributed by atoms with Gasteiger partial charge in [-0.05, 0) is 61.7 Å². The maximum Gasteiger partial charge on any atom is 0.243 e. The lowest BCUT2D eigenvalue weighted by Gasteiger charge is -2.12. The maximum atomic E-state index is 12.2. The van der Waals surface area contributed by atoms with Gasteiger partial charge in [0.05, 0.1) is 17.3 Å². The molecule has 0 unspecified atom stereocenters. The van der Waals surface area contributed by atoms with Crippen LogP contribution < -0.4 is 16.0 Å². The van der Waals surface area contributed by atoms with Gasteiger partial charge >= 0.3 is 0 Å². The highest BCUT2D eigenvalue weighted by atomic mass is 35.5. The predicted molar refractivity (Wildman–Crippen MR) is 108 cm³/mol. The van der Waals surface area contributed by atoms with Crippen LogP contribution in [-0.4, -0.2) is 18.4 Å². The first-order chi connectivity index (χ1) is 12.4. The zero-order valence-electron chi connectivity index (χ0n) is 15.3. The van der Waals surface area contributed by atoms with E-state index in [0.717, 1.165) is 23.2 Å². The Morgan fingerprint density at radius 2 is 1.62 bits per heavy atom. The lowest BCUT2D eigenvalue weighted by Crippen LogP contribution is -2.22. The molecule has 2 aromatic carbocycles. The zero-order valence-corrected chi connectivity index (χ0v) is 16.0. The fraction of sp³-hybridized carbons (Fsp3) is 0.300. The molecule has 2 aromatic rings. The quantitative estimate of drug-likeness (QED) is 0.656. The second kappa shape index (κ2) is 9.25. The van der Waals surface area contributed by atoms with Gasteiger partial charge in [0.1, 0.15) is 0 Å². The van der Waals surface area contributed by atoms with Crippen molar-refractivity contribution in [1.29, 1.82) is 0 Å². The molecule has 6 heteroatoms. The second-order valence-corrected chi connectivity index (χ2v) is 6.68. The SMILES string of the molecule is CCCC(=O)Nc1ccc(Cl)c(NC(=O)CNc2cc(C)cc(C)c2)c1. The Hall–Kier alpha value is -2.53. The van der Waals surface area contributed by atoms with Crippen molar-refractivity contribution in [2.45, 2.75) is 33.6 Å². The summed E-state index contributed by atoms with van der Waals surface area (Å²) in [6.07, 6.45) is 1.22. The Labute approximate surface area is 159 Å². The van der Waals surface area contributed by atoms with Crippen molar-refractivity contribution in [2.24, 2.45) is 0 Å². The number of benzene rings is 2. The van der Waals surface area contributed by atoms with Gasteiger partial charge in [-0.25, -0.2) is 0 Å². The molecule has 0 aromatic heterocycles. The standard InChI is InChI=1S/C20H24ClN3O2/c1-4-5-19(25)23-15-6-7-17(21)18(11-15)24-20(26)12-22-16-9-13(2)8-14(3)10-16/h6-11,22H,4-5,12H2,1-3H3,(H,23,25)(H,24,26). The summed E-state index contributed by atoms with van der Waals surface area (Å²) < 4.78 is 0. The molecule has 0 saturated carbocycles. The van der Waals surface area contributed by atoms with Crippen molar-refractivity contribution in [3.63, 3.8) is 0 Å². The maximum absolute atomic E-state index is 12.2. The zero-order chi connectivity index (χ0) is 19.1. The molecule has 0 aliphatic heterocycles. The number of hydrogen-bond donors (Lipinski definition) is 3. The van der Waals surface area contributed by atoms with Crippen LogP contribution in [-0.2, 0) is 9.59 Å². The Kier molecular flexibility index (Phi) is 7.04. The topological polar surface area (TPSA) is 70.2 Å². The van der Waals surface area contributed by atoms with Crippen LogP contribution in [0.25, 0.3) is 0 Å². The minimum atomic E-state index is -0.219. The summed E-state index contributed by atoms with van der Waals surface area (Å²) in [4.78, 5) is 23.9. The highest BCUT2D eigenvalue weighted by molar-refractivity contribution is 6.33. The molecule has 26 heavy (non-hydrogen) atoms. The van der Waals surface area contributed by atoms with E-state index >= 15 is 0 Å². The van der Waals surface area contributed by atoms with Gasteiger partial charge in [0.25, 0.3) is 0 Å². The van der Waals surface area contributed by atoms with Gasteiger partial charge in [-0.2, -0.15) is 0 Å². The van der Waals surface area contributed by atoms with Gasteiger partial charge in [0, 0.05) is 17.8 Å². The van der Waals surface area contributed by atoms with Crippen molar-refractivity contribution in [3.05, 3.63) is 52.5 Å². The molecular weight excluding hydrogens is 350 g/mol. The third kappa shape index (κ3) is 6.08. The van der Waals surface area contributed by atoms with E-state index in [2.05, 4.69) is 22.0 Å². The molecule has 0 fully saturated rings.